The van der Waals surface area contributed by atoms with Gasteiger partial charge in [-0.1, -0.05) is 6.07 Å². The van der Waals surface area contributed by atoms with Crippen molar-refractivity contribution in [2.24, 2.45) is 0 Å². The standard InChI is InChI=1S/C10H12FNO/c1-7-2-3-8(11)4-10(7)13-9-5-12-6-9/h2-4,9,12H,5-6H2,1H3. The second kappa shape index (κ2) is 3.34. The van der Waals surface area contributed by atoms with Gasteiger partial charge in [0, 0.05) is 19.2 Å². The monoisotopic (exact) mass is 181 g/mol. The molecule has 0 atom stereocenters. The summed E-state index contributed by atoms with van der Waals surface area (Å²) in [5.74, 6) is 0.416. The molecule has 0 aliphatic carbocycles. The molecule has 13 heavy (non-hydrogen) atoms. The van der Waals surface area contributed by atoms with E-state index in [1.807, 2.05) is 6.92 Å². The van der Waals surface area contributed by atoms with Gasteiger partial charge in [0.1, 0.15) is 17.7 Å². The molecular weight excluding hydrogens is 169 g/mol. The summed E-state index contributed by atoms with van der Waals surface area (Å²) in [7, 11) is 0. The third kappa shape index (κ3) is 1.80. The highest BCUT2D eigenvalue weighted by Gasteiger charge is 2.19. The van der Waals surface area contributed by atoms with Crippen molar-refractivity contribution >= 4 is 0 Å². The lowest BCUT2D eigenvalue weighted by Gasteiger charge is -2.28. The van der Waals surface area contributed by atoms with Crippen LogP contribution >= 0.6 is 0 Å². The van der Waals surface area contributed by atoms with Crippen LogP contribution in [0.1, 0.15) is 5.56 Å². The first-order valence-electron chi connectivity index (χ1n) is 4.39. The molecule has 0 radical (unpaired) electrons. The Bertz CT molecular complexity index is 310. The van der Waals surface area contributed by atoms with Gasteiger partial charge in [0.2, 0.25) is 0 Å². The highest BCUT2D eigenvalue weighted by atomic mass is 19.1. The first-order valence-corrected chi connectivity index (χ1v) is 4.39. The lowest BCUT2D eigenvalue weighted by Crippen LogP contribution is -2.50. The summed E-state index contributed by atoms with van der Waals surface area (Å²) in [6.07, 6.45) is 0.209. The van der Waals surface area contributed by atoms with E-state index in [-0.39, 0.29) is 11.9 Å². The molecule has 1 aliphatic rings. The normalized spacial score (nSPS) is 16.8. The summed E-state index contributed by atoms with van der Waals surface area (Å²) in [6.45, 7) is 3.63. The molecule has 1 N–H and O–H groups in total. The van der Waals surface area contributed by atoms with E-state index in [1.54, 1.807) is 6.07 Å². The van der Waals surface area contributed by atoms with Gasteiger partial charge in [-0.05, 0) is 18.6 Å². The van der Waals surface area contributed by atoms with Crippen LogP contribution in [0.3, 0.4) is 0 Å². The number of benzene rings is 1. The van der Waals surface area contributed by atoms with Crippen molar-refractivity contribution in [2.45, 2.75) is 13.0 Å². The van der Waals surface area contributed by atoms with E-state index in [2.05, 4.69) is 5.32 Å². The van der Waals surface area contributed by atoms with Gasteiger partial charge in [-0.25, -0.2) is 4.39 Å². The molecule has 0 aromatic heterocycles. The van der Waals surface area contributed by atoms with Gasteiger partial charge in [0.15, 0.2) is 0 Å². The molecule has 3 heteroatoms. The minimum Gasteiger partial charge on any atom is -0.487 e. The Labute approximate surface area is 76.7 Å². The van der Waals surface area contributed by atoms with Crippen molar-refractivity contribution in [2.75, 3.05) is 13.1 Å². The Hall–Kier alpha value is -1.09. The number of halogens is 1. The predicted molar refractivity (Wildman–Crippen MR) is 48.4 cm³/mol. The van der Waals surface area contributed by atoms with Crippen LogP contribution in [0.2, 0.25) is 0 Å². The third-order valence-corrected chi connectivity index (χ3v) is 2.19. The molecule has 1 fully saturated rings. The maximum Gasteiger partial charge on any atom is 0.126 e. The fraction of sp³-hybridized carbons (Fsp3) is 0.400. The predicted octanol–water partition coefficient (Wildman–Crippen LogP) is 1.48. The van der Waals surface area contributed by atoms with E-state index in [0.29, 0.717) is 5.75 Å². The van der Waals surface area contributed by atoms with Crippen LogP contribution in [-0.2, 0) is 0 Å². The lowest BCUT2D eigenvalue weighted by molar-refractivity contribution is 0.141. The van der Waals surface area contributed by atoms with Crippen LogP contribution in [0.15, 0.2) is 18.2 Å². The molecule has 0 bridgehead atoms. The first-order chi connectivity index (χ1) is 6.25. The summed E-state index contributed by atoms with van der Waals surface area (Å²) in [4.78, 5) is 0. The average Bonchev–Trinajstić information content (AvgIpc) is 2.03. The molecular formula is C10H12FNO. The third-order valence-electron chi connectivity index (χ3n) is 2.19. The smallest absolute Gasteiger partial charge is 0.126 e. The van der Waals surface area contributed by atoms with Gasteiger partial charge in [-0.3, -0.25) is 0 Å². The topological polar surface area (TPSA) is 21.3 Å². The average molecular weight is 181 g/mol. The van der Waals surface area contributed by atoms with E-state index in [9.17, 15) is 4.39 Å². The Balaban J connectivity index is 2.13. The van der Waals surface area contributed by atoms with Gasteiger partial charge < -0.3 is 10.1 Å². The number of ether oxygens (including phenoxy) is 1. The van der Waals surface area contributed by atoms with Crippen LogP contribution < -0.4 is 10.1 Å². The summed E-state index contributed by atoms with van der Waals surface area (Å²) in [6, 6.07) is 4.62. The molecule has 1 aromatic rings. The zero-order valence-corrected chi connectivity index (χ0v) is 7.51. The quantitative estimate of drug-likeness (QED) is 0.746. The highest BCUT2D eigenvalue weighted by molar-refractivity contribution is 5.33. The number of hydrogen-bond donors (Lipinski definition) is 1. The summed E-state index contributed by atoms with van der Waals surface area (Å²) in [5, 5.41) is 3.10. The minimum atomic E-state index is -0.243. The fourth-order valence-electron chi connectivity index (χ4n) is 1.23. The second-order valence-electron chi connectivity index (χ2n) is 3.31. The highest BCUT2D eigenvalue weighted by Crippen LogP contribution is 2.20. The number of rotatable bonds is 2. The van der Waals surface area contributed by atoms with E-state index in [1.165, 1.54) is 12.1 Å². The van der Waals surface area contributed by atoms with Crippen molar-refractivity contribution in [3.63, 3.8) is 0 Å². The number of hydrogen-bond acceptors (Lipinski definition) is 2. The van der Waals surface area contributed by atoms with Gasteiger partial charge >= 0.3 is 0 Å². The Morgan fingerprint density at radius 2 is 2.23 bits per heavy atom. The van der Waals surface area contributed by atoms with Crippen molar-refractivity contribution in [1.29, 1.82) is 0 Å². The van der Waals surface area contributed by atoms with E-state index < -0.39 is 0 Å². The van der Waals surface area contributed by atoms with Crippen LogP contribution in [-0.4, -0.2) is 19.2 Å². The molecule has 2 rings (SSSR count). The SMILES string of the molecule is Cc1ccc(F)cc1OC1CNC1. The largest absolute Gasteiger partial charge is 0.487 e. The maximum atomic E-state index is 12.8. The van der Waals surface area contributed by atoms with E-state index >= 15 is 0 Å². The summed E-state index contributed by atoms with van der Waals surface area (Å²) in [5.41, 5.74) is 0.980. The van der Waals surface area contributed by atoms with Gasteiger partial charge in [-0.2, -0.15) is 0 Å². The number of aryl methyl sites for hydroxylation is 1. The maximum absolute atomic E-state index is 12.8. The van der Waals surface area contributed by atoms with Crippen molar-refractivity contribution < 1.29 is 9.13 Å². The molecule has 0 spiro atoms. The van der Waals surface area contributed by atoms with Crippen molar-refractivity contribution in [1.82, 2.24) is 5.32 Å². The zero-order chi connectivity index (χ0) is 9.26. The van der Waals surface area contributed by atoms with Crippen LogP contribution in [0.25, 0.3) is 0 Å². The Morgan fingerprint density at radius 1 is 1.46 bits per heavy atom. The lowest BCUT2D eigenvalue weighted by atomic mass is 10.2. The molecule has 0 saturated carbocycles. The molecule has 1 aliphatic heterocycles. The molecule has 70 valence electrons. The van der Waals surface area contributed by atoms with Crippen molar-refractivity contribution in [3.8, 4) is 5.75 Å². The fourth-order valence-corrected chi connectivity index (χ4v) is 1.23. The molecule has 2 nitrogen and oxygen atoms in total. The Kier molecular flexibility index (Phi) is 2.19. The minimum absolute atomic E-state index is 0.209. The van der Waals surface area contributed by atoms with Crippen LogP contribution in [0.5, 0.6) is 5.75 Å². The van der Waals surface area contributed by atoms with Crippen LogP contribution in [0, 0.1) is 12.7 Å². The van der Waals surface area contributed by atoms with Crippen molar-refractivity contribution in [3.05, 3.63) is 29.6 Å². The van der Waals surface area contributed by atoms with E-state index in [0.717, 1.165) is 18.7 Å². The second-order valence-corrected chi connectivity index (χ2v) is 3.31. The molecule has 1 heterocycles. The first kappa shape index (κ1) is 8.51. The van der Waals surface area contributed by atoms with E-state index in [4.69, 9.17) is 4.74 Å². The Morgan fingerprint density at radius 3 is 2.85 bits per heavy atom. The van der Waals surface area contributed by atoms with Crippen LogP contribution in [0.4, 0.5) is 4.39 Å². The molecule has 1 aromatic carbocycles. The van der Waals surface area contributed by atoms with Gasteiger partial charge in [-0.15, -0.1) is 0 Å². The number of nitrogens with one attached hydrogen (secondary N) is 1. The molecule has 0 amide bonds. The van der Waals surface area contributed by atoms with Gasteiger partial charge in [0.05, 0.1) is 0 Å². The zero-order valence-electron chi connectivity index (χ0n) is 7.51. The van der Waals surface area contributed by atoms with Gasteiger partial charge in [0.25, 0.3) is 0 Å². The summed E-state index contributed by atoms with van der Waals surface area (Å²) < 4.78 is 18.4. The molecule has 1 saturated heterocycles. The molecule has 0 unspecified atom stereocenters. The summed E-state index contributed by atoms with van der Waals surface area (Å²) >= 11 is 0.